The van der Waals surface area contributed by atoms with E-state index in [1.165, 1.54) is 18.2 Å². The number of aliphatic carboxylic acids is 1. The van der Waals surface area contributed by atoms with Gasteiger partial charge < -0.3 is 5.11 Å². The van der Waals surface area contributed by atoms with Crippen LogP contribution in [0, 0.1) is 0 Å². The monoisotopic (exact) mass is 454 g/mol. The third-order valence-electron chi connectivity index (χ3n) is 4.90. The number of sulfonamides is 1. The molecular formula is C23H22N2O6S. The summed E-state index contributed by atoms with van der Waals surface area (Å²) in [5.74, 6) is -3.17. The Morgan fingerprint density at radius 2 is 1.59 bits per heavy atom. The van der Waals surface area contributed by atoms with Crippen molar-refractivity contribution in [3.8, 4) is 0 Å². The standard InChI is InChI=1S/C23H22N2O6S/c1-2-15-7-5-6-10-19(15)22(28)24-23(29)20(14-21(26)27)25-32(30,31)18-12-11-16-8-3-4-9-17(16)13-18/h3-13,20,25H,2,14H2,1H3,(H,26,27)(H,24,28,29)/t20-/m1/s1. The molecule has 0 aliphatic heterocycles. The highest BCUT2D eigenvalue weighted by molar-refractivity contribution is 7.89. The van der Waals surface area contributed by atoms with Gasteiger partial charge in [-0.3, -0.25) is 19.7 Å². The quantitative estimate of drug-likeness (QED) is 0.479. The molecule has 9 heteroatoms. The fourth-order valence-corrected chi connectivity index (χ4v) is 4.50. The molecule has 0 aliphatic rings. The molecule has 32 heavy (non-hydrogen) atoms. The molecule has 3 aromatic rings. The van der Waals surface area contributed by atoms with E-state index >= 15 is 0 Å². The topological polar surface area (TPSA) is 130 Å². The molecule has 8 nitrogen and oxygen atoms in total. The van der Waals surface area contributed by atoms with Crippen molar-refractivity contribution in [2.45, 2.75) is 30.7 Å². The van der Waals surface area contributed by atoms with Gasteiger partial charge in [0.1, 0.15) is 6.04 Å². The maximum atomic E-state index is 12.9. The van der Waals surface area contributed by atoms with Gasteiger partial charge in [-0.1, -0.05) is 55.5 Å². The van der Waals surface area contributed by atoms with Gasteiger partial charge in [0.25, 0.3) is 5.91 Å². The molecule has 3 N–H and O–H groups in total. The molecule has 0 fully saturated rings. The van der Waals surface area contributed by atoms with Gasteiger partial charge in [-0.25, -0.2) is 8.42 Å². The Morgan fingerprint density at radius 1 is 0.938 bits per heavy atom. The number of aryl methyl sites for hydroxylation is 1. The maximum absolute atomic E-state index is 12.9. The van der Waals surface area contributed by atoms with Crippen LogP contribution in [0.4, 0.5) is 0 Å². The van der Waals surface area contributed by atoms with Crippen LogP contribution in [0.15, 0.2) is 71.6 Å². The molecule has 0 saturated heterocycles. The minimum atomic E-state index is -4.24. The summed E-state index contributed by atoms with van der Waals surface area (Å²) in [4.78, 5) is 36.4. The van der Waals surface area contributed by atoms with Gasteiger partial charge in [-0.05, 0) is 41.0 Å². The lowest BCUT2D eigenvalue weighted by Gasteiger charge is -2.17. The lowest BCUT2D eigenvalue weighted by atomic mass is 10.0. The van der Waals surface area contributed by atoms with Crippen LogP contribution in [0.2, 0.25) is 0 Å². The minimum absolute atomic E-state index is 0.123. The summed E-state index contributed by atoms with van der Waals surface area (Å²) in [5.41, 5.74) is 0.958. The second kappa shape index (κ2) is 9.71. The van der Waals surface area contributed by atoms with Crippen LogP contribution in [0.25, 0.3) is 10.8 Å². The number of hydrogen-bond acceptors (Lipinski definition) is 5. The first kappa shape index (κ1) is 23.1. The van der Waals surface area contributed by atoms with E-state index in [9.17, 15) is 27.9 Å². The third-order valence-corrected chi connectivity index (χ3v) is 6.37. The zero-order valence-corrected chi connectivity index (χ0v) is 18.1. The molecule has 0 saturated carbocycles. The number of nitrogens with one attached hydrogen (secondary N) is 2. The first-order valence-electron chi connectivity index (χ1n) is 9.87. The number of carboxylic acid groups (broad SMARTS) is 1. The van der Waals surface area contributed by atoms with E-state index in [0.29, 0.717) is 17.4 Å². The number of benzene rings is 3. The molecule has 3 aromatic carbocycles. The van der Waals surface area contributed by atoms with Crippen LogP contribution >= 0.6 is 0 Å². The predicted molar refractivity (Wildman–Crippen MR) is 119 cm³/mol. The van der Waals surface area contributed by atoms with Crippen LogP contribution in [0.5, 0.6) is 0 Å². The van der Waals surface area contributed by atoms with E-state index < -0.39 is 40.3 Å². The molecule has 3 rings (SSSR count). The average Bonchev–Trinajstić information content (AvgIpc) is 2.77. The van der Waals surface area contributed by atoms with Crippen LogP contribution in [0.3, 0.4) is 0 Å². The number of hydrogen-bond donors (Lipinski definition) is 3. The first-order valence-corrected chi connectivity index (χ1v) is 11.4. The fraction of sp³-hybridized carbons (Fsp3) is 0.174. The molecule has 0 aliphatic carbocycles. The lowest BCUT2D eigenvalue weighted by Crippen LogP contribution is -2.49. The third kappa shape index (κ3) is 5.37. The van der Waals surface area contributed by atoms with E-state index in [0.717, 1.165) is 5.39 Å². The van der Waals surface area contributed by atoms with Gasteiger partial charge in [0, 0.05) is 5.56 Å². The molecule has 1 atom stereocenters. The fourth-order valence-electron chi connectivity index (χ4n) is 3.27. The van der Waals surface area contributed by atoms with Gasteiger partial charge >= 0.3 is 5.97 Å². The summed E-state index contributed by atoms with van der Waals surface area (Å²) in [6.07, 6.45) is -0.285. The Kier molecular flexibility index (Phi) is 7.01. The molecule has 0 radical (unpaired) electrons. The number of carbonyl (C=O) groups excluding carboxylic acids is 2. The van der Waals surface area contributed by atoms with E-state index in [4.69, 9.17) is 0 Å². The number of fused-ring (bicyclic) bond motifs is 1. The maximum Gasteiger partial charge on any atom is 0.305 e. The van der Waals surface area contributed by atoms with Gasteiger partial charge in [0.15, 0.2) is 0 Å². The predicted octanol–water partition coefficient (Wildman–Crippen LogP) is 2.48. The Hall–Kier alpha value is -3.56. The highest BCUT2D eigenvalue weighted by Crippen LogP contribution is 2.19. The molecule has 0 spiro atoms. The molecule has 2 amide bonds. The summed E-state index contributed by atoms with van der Waals surface area (Å²) in [6, 6.07) is 16.5. The second-order valence-electron chi connectivity index (χ2n) is 7.11. The number of rotatable bonds is 8. The van der Waals surface area contributed by atoms with Gasteiger partial charge in [-0.2, -0.15) is 4.72 Å². The minimum Gasteiger partial charge on any atom is -0.481 e. The molecule has 166 valence electrons. The van der Waals surface area contributed by atoms with E-state index in [-0.39, 0.29) is 10.5 Å². The van der Waals surface area contributed by atoms with Crippen LogP contribution in [0.1, 0.15) is 29.3 Å². The zero-order chi connectivity index (χ0) is 23.3. The van der Waals surface area contributed by atoms with Crippen molar-refractivity contribution >= 4 is 38.6 Å². The Balaban J connectivity index is 1.84. The smallest absolute Gasteiger partial charge is 0.305 e. The normalized spacial score (nSPS) is 12.3. The molecule has 0 bridgehead atoms. The Morgan fingerprint density at radius 3 is 2.28 bits per heavy atom. The van der Waals surface area contributed by atoms with Crippen LogP contribution in [-0.2, 0) is 26.0 Å². The zero-order valence-electron chi connectivity index (χ0n) is 17.2. The number of amides is 2. The van der Waals surface area contributed by atoms with Crippen molar-refractivity contribution in [3.63, 3.8) is 0 Å². The van der Waals surface area contributed by atoms with E-state index in [1.807, 2.05) is 19.1 Å². The van der Waals surface area contributed by atoms with Crippen molar-refractivity contribution in [2.75, 3.05) is 0 Å². The largest absolute Gasteiger partial charge is 0.481 e. The van der Waals surface area contributed by atoms with Crippen molar-refractivity contribution in [3.05, 3.63) is 77.9 Å². The number of imide groups is 1. The molecule has 0 aromatic heterocycles. The summed E-state index contributed by atoms with van der Waals surface area (Å²) in [6.45, 7) is 1.85. The number of carbonyl (C=O) groups is 3. The summed E-state index contributed by atoms with van der Waals surface area (Å²) >= 11 is 0. The number of carboxylic acids is 1. The summed E-state index contributed by atoms with van der Waals surface area (Å²) in [5, 5.41) is 12.8. The average molecular weight is 455 g/mol. The second-order valence-corrected chi connectivity index (χ2v) is 8.82. The van der Waals surface area contributed by atoms with E-state index in [1.54, 1.807) is 36.4 Å². The molecule has 0 unspecified atom stereocenters. The van der Waals surface area contributed by atoms with Gasteiger partial charge in [0.05, 0.1) is 11.3 Å². The molecule has 0 heterocycles. The molecular weight excluding hydrogens is 432 g/mol. The van der Waals surface area contributed by atoms with Crippen molar-refractivity contribution < 1.29 is 27.9 Å². The van der Waals surface area contributed by atoms with Crippen molar-refractivity contribution in [1.29, 1.82) is 0 Å². The first-order chi connectivity index (χ1) is 15.2. The highest BCUT2D eigenvalue weighted by Gasteiger charge is 2.29. The Labute approximate surface area is 185 Å². The van der Waals surface area contributed by atoms with E-state index in [2.05, 4.69) is 10.0 Å². The Bertz CT molecular complexity index is 1290. The highest BCUT2D eigenvalue weighted by atomic mass is 32.2. The SMILES string of the molecule is CCc1ccccc1C(=O)NC(=O)[C@@H](CC(=O)O)NS(=O)(=O)c1ccc2ccccc2c1. The van der Waals surface area contributed by atoms with Gasteiger partial charge in [-0.15, -0.1) is 0 Å². The van der Waals surface area contributed by atoms with Crippen molar-refractivity contribution in [1.82, 2.24) is 10.0 Å². The van der Waals surface area contributed by atoms with Crippen molar-refractivity contribution in [2.24, 2.45) is 0 Å². The summed E-state index contributed by atoms with van der Waals surface area (Å²) in [7, 11) is -4.24. The van der Waals surface area contributed by atoms with Crippen LogP contribution in [-0.4, -0.2) is 37.3 Å². The lowest BCUT2D eigenvalue weighted by molar-refractivity contribution is -0.139. The summed E-state index contributed by atoms with van der Waals surface area (Å²) < 4.78 is 27.8. The van der Waals surface area contributed by atoms with Crippen LogP contribution < -0.4 is 10.0 Å². The van der Waals surface area contributed by atoms with Gasteiger partial charge in [0.2, 0.25) is 15.9 Å².